The van der Waals surface area contributed by atoms with Crippen LogP contribution in [0.25, 0.3) is 10.9 Å². The molecule has 0 atom stereocenters. The number of urea groups is 1. The Bertz CT molecular complexity index is 1090. The van der Waals surface area contributed by atoms with Crippen LogP contribution < -0.4 is 21.5 Å². The first-order valence-electron chi connectivity index (χ1n) is 7.71. The number of fused-ring (bicyclic) bond motifs is 1. The number of hydrogen-bond donors (Lipinski definition) is 4. The number of carbonyl (C=O) groups is 2. The Morgan fingerprint density at radius 1 is 1.19 bits per heavy atom. The van der Waals surface area contributed by atoms with Crippen LogP contribution in [0.2, 0.25) is 0 Å². The van der Waals surface area contributed by atoms with E-state index in [4.69, 9.17) is 16.2 Å². The summed E-state index contributed by atoms with van der Waals surface area (Å²) in [6.07, 6.45) is 0. The van der Waals surface area contributed by atoms with Gasteiger partial charge in [-0.15, -0.1) is 0 Å². The predicted octanol–water partition coefficient (Wildman–Crippen LogP) is 2.77. The molecule has 1 heterocycles. The van der Waals surface area contributed by atoms with Crippen molar-refractivity contribution >= 4 is 34.3 Å². The van der Waals surface area contributed by atoms with Crippen molar-refractivity contribution in [1.29, 1.82) is 0 Å². The van der Waals surface area contributed by atoms with Gasteiger partial charge in [0.05, 0.1) is 16.0 Å². The summed E-state index contributed by atoms with van der Waals surface area (Å²) < 4.78 is 5.77. The van der Waals surface area contributed by atoms with Crippen LogP contribution in [0.15, 0.2) is 36.4 Å². The van der Waals surface area contributed by atoms with Gasteiger partial charge in [-0.05, 0) is 30.7 Å². The Morgan fingerprint density at radius 2 is 1.93 bits per heavy atom. The van der Waals surface area contributed by atoms with Crippen molar-refractivity contribution in [3.63, 3.8) is 0 Å². The first-order chi connectivity index (χ1) is 12.8. The Labute approximate surface area is 152 Å². The summed E-state index contributed by atoms with van der Waals surface area (Å²) in [5.74, 6) is 0.220. The molecule has 1 aromatic heterocycles. The molecular weight excluding hydrogens is 354 g/mol. The van der Waals surface area contributed by atoms with Crippen LogP contribution in [0.1, 0.15) is 15.9 Å². The van der Waals surface area contributed by atoms with Gasteiger partial charge >= 0.3 is 6.03 Å². The van der Waals surface area contributed by atoms with Gasteiger partial charge in [0.15, 0.2) is 0 Å². The second-order valence-electron chi connectivity index (χ2n) is 5.74. The number of rotatable bonds is 5. The lowest BCUT2D eigenvalue weighted by Gasteiger charge is -2.08. The van der Waals surface area contributed by atoms with Gasteiger partial charge < -0.3 is 21.2 Å². The average molecular weight is 369 g/mol. The fourth-order valence-corrected chi connectivity index (χ4v) is 2.70. The van der Waals surface area contributed by atoms with Gasteiger partial charge in [-0.2, -0.15) is 0 Å². The zero-order valence-corrected chi connectivity index (χ0v) is 14.1. The topological polar surface area (TPSA) is 166 Å². The van der Waals surface area contributed by atoms with Crippen LogP contribution >= 0.6 is 0 Å². The molecule has 0 aliphatic rings. The lowest BCUT2D eigenvalue weighted by molar-refractivity contribution is -0.384. The summed E-state index contributed by atoms with van der Waals surface area (Å²) in [6.45, 7) is 1.69. The number of aromatic nitrogens is 1. The summed E-state index contributed by atoms with van der Waals surface area (Å²) in [7, 11) is 0. The average Bonchev–Trinajstić information content (AvgIpc) is 2.92. The largest absolute Gasteiger partial charge is 0.457 e. The van der Waals surface area contributed by atoms with Crippen LogP contribution in [0.3, 0.4) is 0 Å². The highest BCUT2D eigenvalue weighted by Gasteiger charge is 2.18. The molecule has 0 saturated carbocycles. The van der Waals surface area contributed by atoms with E-state index in [-0.39, 0.29) is 17.1 Å². The van der Waals surface area contributed by atoms with Crippen molar-refractivity contribution in [3.05, 3.63) is 57.6 Å². The molecule has 138 valence electrons. The highest BCUT2D eigenvalue weighted by atomic mass is 16.6. The molecule has 0 aliphatic heterocycles. The molecule has 10 nitrogen and oxygen atoms in total. The molecule has 0 radical (unpaired) electrons. The monoisotopic (exact) mass is 369 g/mol. The quantitative estimate of drug-likeness (QED) is 0.400. The van der Waals surface area contributed by atoms with Crippen molar-refractivity contribution in [2.75, 3.05) is 5.32 Å². The van der Waals surface area contributed by atoms with Crippen LogP contribution in [0, 0.1) is 17.0 Å². The molecule has 0 fully saturated rings. The van der Waals surface area contributed by atoms with Crippen molar-refractivity contribution in [1.82, 2.24) is 4.98 Å². The number of nitrogens with two attached hydrogens (primary N) is 2. The minimum atomic E-state index is -0.845. The number of anilines is 1. The first-order valence-corrected chi connectivity index (χ1v) is 7.71. The fraction of sp³-hybridized carbons (Fsp3) is 0.0588. The third-order valence-electron chi connectivity index (χ3n) is 3.86. The normalized spacial score (nSPS) is 10.6. The highest BCUT2D eigenvalue weighted by Crippen LogP contribution is 2.32. The summed E-state index contributed by atoms with van der Waals surface area (Å²) in [5, 5.41) is 13.6. The number of hydrogen-bond acceptors (Lipinski definition) is 5. The summed E-state index contributed by atoms with van der Waals surface area (Å²) >= 11 is 0. The lowest BCUT2D eigenvalue weighted by Crippen LogP contribution is -2.22. The summed E-state index contributed by atoms with van der Waals surface area (Å²) in [4.78, 5) is 36.0. The van der Waals surface area contributed by atoms with Crippen LogP contribution in [0.4, 0.5) is 16.3 Å². The number of aromatic amines is 1. The molecule has 3 amide bonds. The fourth-order valence-electron chi connectivity index (χ4n) is 2.70. The maximum Gasteiger partial charge on any atom is 0.317 e. The Balaban J connectivity index is 1.98. The molecule has 0 aliphatic carbocycles. The van der Waals surface area contributed by atoms with E-state index in [0.29, 0.717) is 28.0 Å². The molecule has 0 bridgehead atoms. The number of nitrogens with zero attached hydrogens (tertiary/aromatic N) is 1. The van der Waals surface area contributed by atoms with E-state index in [0.717, 1.165) is 0 Å². The zero-order chi connectivity index (χ0) is 19.7. The molecule has 2 aromatic carbocycles. The number of carbonyl (C=O) groups excluding carboxylic acids is 2. The standard InChI is InChI=1S/C17H15N5O5/c1-8-6-9(22(25)26)2-5-13(8)27-10-3-4-11-12(7-10)20-16(21-17(19)24)14(11)15(18)23/h2-7,20H,1H3,(H2,18,23)(H3,19,21,24). The van der Waals surface area contributed by atoms with Gasteiger partial charge in [0, 0.05) is 23.6 Å². The van der Waals surface area contributed by atoms with Gasteiger partial charge in [-0.3, -0.25) is 20.2 Å². The number of amides is 3. The molecule has 6 N–H and O–H groups in total. The van der Waals surface area contributed by atoms with Gasteiger partial charge in [-0.25, -0.2) is 4.79 Å². The first kappa shape index (κ1) is 17.7. The van der Waals surface area contributed by atoms with Gasteiger partial charge in [0.2, 0.25) is 0 Å². The van der Waals surface area contributed by atoms with E-state index < -0.39 is 16.9 Å². The highest BCUT2D eigenvalue weighted by molar-refractivity contribution is 6.13. The van der Waals surface area contributed by atoms with E-state index in [9.17, 15) is 19.7 Å². The third kappa shape index (κ3) is 3.49. The molecule has 27 heavy (non-hydrogen) atoms. The maximum atomic E-state index is 11.7. The van der Waals surface area contributed by atoms with Crippen molar-refractivity contribution in [3.8, 4) is 11.5 Å². The number of H-pyrrole nitrogens is 1. The molecule has 0 unspecified atom stereocenters. The Hall–Kier alpha value is -4.08. The van der Waals surface area contributed by atoms with E-state index in [1.165, 1.54) is 18.2 Å². The lowest BCUT2D eigenvalue weighted by atomic mass is 10.1. The van der Waals surface area contributed by atoms with Crippen LogP contribution in [0.5, 0.6) is 11.5 Å². The van der Waals surface area contributed by atoms with Crippen molar-refractivity contribution in [2.24, 2.45) is 11.5 Å². The van der Waals surface area contributed by atoms with Gasteiger partial charge in [-0.1, -0.05) is 0 Å². The number of nitrogens with one attached hydrogen (secondary N) is 2. The number of ether oxygens (including phenoxy) is 1. The minimum absolute atomic E-state index is 0.0343. The molecular formula is C17H15N5O5. The maximum absolute atomic E-state index is 11.7. The van der Waals surface area contributed by atoms with Gasteiger partial charge in [0.1, 0.15) is 17.3 Å². The Kier molecular flexibility index (Phi) is 4.38. The second-order valence-corrected chi connectivity index (χ2v) is 5.74. The number of primary amides is 2. The number of nitro benzene ring substituents is 1. The van der Waals surface area contributed by atoms with Crippen LogP contribution in [-0.4, -0.2) is 21.8 Å². The minimum Gasteiger partial charge on any atom is -0.457 e. The number of benzene rings is 2. The smallest absolute Gasteiger partial charge is 0.317 e. The number of non-ortho nitro benzene ring substituents is 1. The van der Waals surface area contributed by atoms with Crippen molar-refractivity contribution in [2.45, 2.75) is 6.92 Å². The number of nitro groups is 1. The zero-order valence-electron chi connectivity index (χ0n) is 14.1. The summed E-state index contributed by atoms with van der Waals surface area (Å²) in [5.41, 5.74) is 11.6. The SMILES string of the molecule is Cc1cc([N+](=O)[O-])ccc1Oc1ccc2c(C(N)=O)c(NC(N)=O)[nH]c2c1. The van der Waals surface area contributed by atoms with Crippen LogP contribution in [-0.2, 0) is 0 Å². The summed E-state index contributed by atoms with van der Waals surface area (Å²) in [6, 6.07) is 8.22. The number of aryl methyl sites for hydroxylation is 1. The molecule has 3 rings (SSSR count). The van der Waals surface area contributed by atoms with E-state index in [2.05, 4.69) is 10.3 Å². The Morgan fingerprint density at radius 3 is 2.52 bits per heavy atom. The van der Waals surface area contributed by atoms with E-state index >= 15 is 0 Å². The van der Waals surface area contributed by atoms with E-state index in [1.807, 2.05) is 0 Å². The molecule has 0 spiro atoms. The van der Waals surface area contributed by atoms with Gasteiger partial charge in [0.25, 0.3) is 11.6 Å². The molecule has 10 heteroatoms. The third-order valence-corrected chi connectivity index (χ3v) is 3.86. The second kappa shape index (κ2) is 6.67. The molecule has 0 saturated heterocycles. The van der Waals surface area contributed by atoms with Crippen molar-refractivity contribution < 1.29 is 19.2 Å². The molecule has 3 aromatic rings. The predicted molar refractivity (Wildman–Crippen MR) is 97.9 cm³/mol. The van der Waals surface area contributed by atoms with E-state index in [1.54, 1.807) is 25.1 Å².